The van der Waals surface area contributed by atoms with Crippen molar-refractivity contribution in [1.29, 1.82) is 0 Å². The second-order valence-electron chi connectivity index (χ2n) is 9.16. The number of carbonyl (C=O) groups excluding carboxylic acids is 1. The van der Waals surface area contributed by atoms with Gasteiger partial charge in [-0.3, -0.25) is 9.89 Å². The number of hydrogen-bond acceptors (Lipinski definition) is 4. The summed E-state index contributed by atoms with van der Waals surface area (Å²) in [5.41, 5.74) is 4.88. The molecule has 1 aliphatic rings. The molecule has 3 aromatic rings. The number of benzene rings is 2. The van der Waals surface area contributed by atoms with E-state index in [-0.39, 0.29) is 18.9 Å². The second kappa shape index (κ2) is 11.6. The van der Waals surface area contributed by atoms with Crippen LogP contribution < -0.4 is 10.6 Å². The third-order valence-electron chi connectivity index (χ3n) is 6.51. The first kappa shape index (κ1) is 25.0. The Bertz CT molecular complexity index is 1140. The normalized spacial score (nSPS) is 14.9. The zero-order valence-electron chi connectivity index (χ0n) is 19.9. The minimum Gasteiger partial charge on any atom is -0.390 e. The van der Waals surface area contributed by atoms with Crippen LogP contribution in [0.2, 0.25) is 0 Å². The van der Waals surface area contributed by atoms with Crippen molar-refractivity contribution in [1.82, 2.24) is 20.8 Å². The van der Waals surface area contributed by atoms with E-state index in [1.807, 2.05) is 12.1 Å². The van der Waals surface area contributed by atoms with Crippen LogP contribution in [0.5, 0.6) is 0 Å². The molecule has 0 aliphatic heterocycles. The SMILES string of the molecule is CCc1cccc(CNC[C@H](O)[C@H](Cc2cc(F)cc(F)c2)NC(=O)c2[nH]nc3c2CCCC3)c1. The molecule has 2 atom stereocenters. The average molecular weight is 483 g/mol. The second-order valence-corrected chi connectivity index (χ2v) is 9.16. The summed E-state index contributed by atoms with van der Waals surface area (Å²) in [4.78, 5) is 13.1. The number of nitrogens with one attached hydrogen (secondary N) is 3. The van der Waals surface area contributed by atoms with Gasteiger partial charge >= 0.3 is 0 Å². The van der Waals surface area contributed by atoms with Gasteiger partial charge in [0.1, 0.15) is 17.3 Å². The van der Waals surface area contributed by atoms with Gasteiger partial charge in [0, 0.05) is 24.7 Å². The van der Waals surface area contributed by atoms with Crippen LogP contribution in [0, 0.1) is 11.6 Å². The summed E-state index contributed by atoms with van der Waals surface area (Å²) in [7, 11) is 0. The molecule has 0 spiro atoms. The Morgan fingerprint density at radius 2 is 1.83 bits per heavy atom. The van der Waals surface area contributed by atoms with E-state index in [4.69, 9.17) is 0 Å². The molecule has 2 aromatic carbocycles. The topological polar surface area (TPSA) is 90.0 Å². The Balaban J connectivity index is 1.46. The van der Waals surface area contributed by atoms with Gasteiger partial charge in [-0.05, 0) is 67.3 Å². The Hall–Kier alpha value is -3.10. The Kier molecular flexibility index (Phi) is 8.25. The van der Waals surface area contributed by atoms with E-state index in [1.165, 1.54) is 17.7 Å². The molecular formula is C27H32F2N4O2. The molecule has 1 heterocycles. The Labute approximate surface area is 204 Å². The Morgan fingerprint density at radius 1 is 1.09 bits per heavy atom. The van der Waals surface area contributed by atoms with Crippen molar-refractivity contribution >= 4 is 5.91 Å². The number of halogens is 2. The van der Waals surface area contributed by atoms with Crippen molar-refractivity contribution < 1.29 is 18.7 Å². The maximum Gasteiger partial charge on any atom is 0.269 e. The predicted molar refractivity (Wildman–Crippen MR) is 130 cm³/mol. The molecule has 8 heteroatoms. The molecular weight excluding hydrogens is 450 g/mol. The number of rotatable bonds is 10. The summed E-state index contributed by atoms with van der Waals surface area (Å²) < 4.78 is 27.6. The van der Waals surface area contributed by atoms with Crippen LogP contribution in [0.1, 0.15) is 58.2 Å². The van der Waals surface area contributed by atoms with E-state index in [9.17, 15) is 18.7 Å². The van der Waals surface area contributed by atoms with Crippen molar-refractivity contribution in [2.24, 2.45) is 0 Å². The van der Waals surface area contributed by atoms with Crippen molar-refractivity contribution in [3.8, 4) is 0 Å². The van der Waals surface area contributed by atoms with Crippen LogP contribution in [0.4, 0.5) is 8.78 Å². The summed E-state index contributed by atoms with van der Waals surface area (Å²) in [5, 5.41) is 24.2. The smallest absolute Gasteiger partial charge is 0.269 e. The quantitative estimate of drug-likeness (QED) is 0.355. The first-order valence-electron chi connectivity index (χ1n) is 12.2. The van der Waals surface area contributed by atoms with E-state index < -0.39 is 23.8 Å². The molecule has 0 saturated carbocycles. The summed E-state index contributed by atoms with van der Waals surface area (Å²) >= 11 is 0. The van der Waals surface area contributed by atoms with Crippen LogP contribution in [0.25, 0.3) is 0 Å². The molecule has 0 unspecified atom stereocenters. The van der Waals surface area contributed by atoms with E-state index in [0.717, 1.165) is 55.0 Å². The molecule has 1 amide bonds. The van der Waals surface area contributed by atoms with Gasteiger partial charge in [-0.15, -0.1) is 0 Å². The van der Waals surface area contributed by atoms with Gasteiger partial charge in [0.05, 0.1) is 17.8 Å². The van der Waals surface area contributed by atoms with Crippen molar-refractivity contribution in [3.05, 3.63) is 87.7 Å². The Morgan fingerprint density at radius 3 is 2.60 bits per heavy atom. The van der Waals surface area contributed by atoms with Crippen molar-refractivity contribution in [3.63, 3.8) is 0 Å². The van der Waals surface area contributed by atoms with Crippen LogP contribution in [0.15, 0.2) is 42.5 Å². The summed E-state index contributed by atoms with van der Waals surface area (Å²) in [6.45, 7) is 2.84. The van der Waals surface area contributed by atoms with E-state index in [0.29, 0.717) is 17.8 Å². The number of carbonyl (C=O) groups is 1. The number of nitrogens with zero attached hydrogens (tertiary/aromatic N) is 1. The molecule has 6 nitrogen and oxygen atoms in total. The number of fused-ring (bicyclic) bond motifs is 1. The van der Waals surface area contributed by atoms with Gasteiger partial charge in [-0.25, -0.2) is 8.78 Å². The lowest BCUT2D eigenvalue weighted by Gasteiger charge is -2.25. The fourth-order valence-electron chi connectivity index (χ4n) is 4.63. The van der Waals surface area contributed by atoms with Crippen molar-refractivity contribution in [2.75, 3.05) is 6.54 Å². The van der Waals surface area contributed by atoms with Crippen LogP contribution in [-0.2, 0) is 32.2 Å². The highest BCUT2D eigenvalue weighted by Crippen LogP contribution is 2.22. The molecule has 0 radical (unpaired) electrons. The van der Waals surface area contributed by atoms with Gasteiger partial charge in [0.25, 0.3) is 5.91 Å². The lowest BCUT2D eigenvalue weighted by Crippen LogP contribution is -2.49. The lowest BCUT2D eigenvalue weighted by molar-refractivity contribution is 0.0824. The highest BCUT2D eigenvalue weighted by atomic mass is 19.1. The number of amides is 1. The van der Waals surface area contributed by atoms with Crippen LogP contribution in [-0.4, -0.2) is 39.9 Å². The number of aliphatic hydroxyl groups excluding tert-OH is 1. The first-order valence-corrected chi connectivity index (χ1v) is 12.2. The third kappa shape index (κ3) is 6.52. The molecule has 186 valence electrons. The minimum atomic E-state index is -0.988. The summed E-state index contributed by atoms with van der Waals surface area (Å²) in [6.07, 6.45) is 3.66. The number of H-pyrrole nitrogens is 1. The fourth-order valence-corrected chi connectivity index (χ4v) is 4.63. The van der Waals surface area contributed by atoms with Gasteiger partial charge in [-0.2, -0.15) is 5.10 Å². The minimum absolute atomic E-state index is 0.0743. The first-order chi connectivity index (χ1) is 16.9. The largest absolute Gasteiger partial charge is 0.390 e. The van der Waals surface area contributed by atoms with Crippen LogP contribution >= 0.6 is 0 Å². The van der Waals surface area contributed by atoms with E-state index in [2.05, 4.69) is 39.9 Å². The molecule has 4 N–H and O–H groups in total. The van der Waals surface area contributed by atoms with Crippen LogP contribution in [0.3, 0.4) is 0 Å². The van der Waals surface area contributed by atoms with Gasteiger partial charge in [0.2, 0.25) is 0 Å². The molecule has 1 aliphatic carbocycles. The maximum absolute atomic E-state index is 13.8. The third-order valence-corrected chi connectivity index (χ3v) is 6.51. The highest BCUT2D eigenvalue weighted by Gasteiger charge is 2.27. The molecule has 1 aromatic heterocycles. The number of aromatic amines is 1. The monoisotopic (exact) mass is 482 g/mol. The number of aryl methyl sites for hydroxylation is 2. The predicted octanol–water partition coefficient (Wildman–Crippen LogP) is 3.62. The van der Waals surface area contributed by atoms with Crippen molar-refractivity contribution in [2.45, 2.75) is 64.1 Å². The summed E-state index contributed by atoms with van der Waals surface area (Å²) in [6, 6.07) is 10.7. The van der Waals surface area contributed by atoms with Gasteiger partial charge < -0.3 is 15.7 Å². The number of aliphatic hydroxyl groups is 1. The average Bonchev–Trinajstić information content (AvgIpc) is 3.27. The standard InChI is InChI=1S/C27H32F2N4O2/c1-2-17-6-5-7-18(10-17)15-30-16-25(34)24(13-19-11-20(28)14-21(29)12-19)31-27(35)26-22-8-3-4-9-23(22)32-33-26/h5-7,10-12,14,24-25,30,34H,2-4,8-9,13,15-16H2,1H3,(H,31,35)(H,32,33)/t24-,25-/m0/s1. The maximum atomic E-state index is 13.8. The van der Waals surface area contributed by atoms with E-state index >= 15 is 0 Å². The molecule has 0 fully saturated rings. The number of hydrogen-bond donors (Lipinski definition) is 4. The number of aromatic nitrogens is 2. The molecule has 35 heavy (non-hydrogen) atoms. The molecule has 0 bridgehead atoms. The zero-order valence-corrected chi connectivity index (χ0v) is 19.9. The van der Waals surface area contributed by atoms with Gasteiger partial charge in [0.15, 0.2) is 0 Å². The van der Waals surface area contributed by atoms with Gasteiger partial charge in [-0.1, -0.05) is 31.2 Å². The summed E-state index contributed by atoms with van der Waals surface area (Å²) in [5.74, 6) is -1.77. The molecule has 4 rings (SSSR count). The van der Waals surface area contributed by atoms with E-state index in [1.54, 1.807) is 0 Å². The fraction of sp³-hybridized carbons (Fsp3) is 0.407. The lowest BCUT2D eigenvalue weighted by atomic mass is 9.95. The highest BCUT2D eigenvalue weighted by molar-refractivity contribution is 5.94. The zero-order chi connectivity index (χ0) is 24.8. The molecule has 0 saturated heterocycles.